The number of nitrogens with one attached hydrogen (secondary N) is 2. The third-order valence-corrected chi connectivity index (χ3v) is 7.52. The zero-order valence-electron chi connectivity index (χ0n) is 22.0. The van der Waals surface area contributed by atoms with Crippen LogP contribution in [0.1, 0.15) is 46.4 Å². The largest absolute Gasteiger partial charge is 0.497 e. The number of rotatable bonds is 10. The number of aryl methyl sites for hydroxylation is 2. The maximum atomic E-state index is 14.2. The lowest BCUT2D eigenvalue weighted by Gasteiger charge is -2.23. The Hall–Kier alpha value is -3.85. The van der Waals surface area contributed by atoms with Crippen LogP contribution in [0.25, 0.3) is 10.9 Å². The number of hydrogen-bond acceptors (Lipinski definition) is 6. The van der Waals surface area contributed by atoms with Crippen LogP contribution in [-0.4, -0.2) is 39.2 Å². The fourth-order valence-corrected chi connectivity index (χ4v) is 4.94. The highest BCUT2D eigenvalue weighted by atomic mass is 32.2. The second kappa shape index (κ2) is 10.9. The Morgan fingerprint density at radius 2 is 1.82 bits per heavy atom. The number of ketones is 1. The highest BCUT2D eigenvalue weighted by molar-refractivity contribution is 7.90. The molecule has 0 saturated carbocycles. The first-order chi connectivity index (χ1) is 18.0. The van der Waals surface area contributed by atoms with Gasteiger partial charge in [-0.2, -0.15) is 0 Å². The first kappa shape index (κ1) is 27.2. The highest BCUT2D eigenvalue weighted by Gasteiger charge is 2.28. The van der Waals surface area contributed by atoms with Crippen molar-refractivity contribution in [2.75, 3.05) is 25.3 Å². The summed E-state index contributed by atoms with van der Waals surface area (Å²) < 4.78 is 50.1. The van der Waals surface area contributed by atoms with Crippen molar-refractivity contribution < 1.29 is 27.1 Å². The minimum atomic E-state index is -3.57. The predicted octanol–water partition coefficient (Wildman–Crippen LogP) is 6.16. The van der Waals surface area contributed by atoms with Gasteiger partial charge in [0.05, 0.1) is 18.6 Å². The van der Waals surface area contributed by atoms with E-state index in [9.17, 15) is 17.6 Å². The van der Waals surface area contributed by atoms with E-state index in [0.29, 0.717) is 35.6 Å². The number of halogens is 1. The summed E-state index contributed by atoms with van der Waals surface area (Å²) in [7, 11) is -2.14. The topological polar surface area (TPSA) is 97.5 Å². The van der Waals surface area contributed by atoms with Crippen molar-refractivity contribution in [2.45, 2.75) is 38.1 Å². The highest BCUT2D eigenvalue weighted by Crippen LogP contribution is 2.35. The van der Waals surface area contributed by atoms with Gasteiger partial charge < -0.3 is 19.8 Å². The van der Waals surface area contributed by atoms with Gasteiger partial charge in [-0.05, 0) is 67.8 Å². The lowest BCUT2D eigenvalue weighted by atomic mass is 9.94. The molecule has 0 saturated heterocycles. The number of aromatic amines is 1. The number of carbonyl (C=O) groups excluding carboxylic acids is 1. The summed E-state index contributed by atoms with van der Waals surface area (Å²) in [6.45, 7) is 6.24. The maximum Gasteiger partial charge on any atom is 0.191 e. The minimum absolute atomic E-state index is 0.0327. The van der Waals surface area contributed by atoms with E-state index in [1.54, 1.807) is 12.3 Å². The van der Waals surface area contributed by atoms with Gasteiger partial charge in [0.25, 0.3) is 0 Å². The van der Waals surface area contributed by atoms with Crippen LogP contribution in [0, 0.1) is 19.7 Å². The molecule has 1 atom stereocenters. The molecule has 2 N–H and O–H groups in total. The van der Waals surface area contributed by atoms with Crippen molar-refractivity contribution in [2.24, 2.45) is 0 Å². The predicted molar refractivity (Wildman–Crippen MR) is 147 cm³/mol. The molecule has 4 aromatic rings. The minimum Gasteiger partial charge on any atom is -0.497 e. The molecule has 1 heterocycles. The van der Waals surface area contributed by atoms with Crippen LogP contribution in [0.2, 0.25) is 0 Å². The standard InChI is InChI=1S/C29H31FN2O5S/c1-6-9-37-27-12-19(30)7-8-23(27)28(32-20-13-21(36-4)15-22(14-20)38(5,34)35)29(33)25-16-31-26-11-18(3)17(2)10-24(25)26/h7-8,10-16,28,31-32H,6,9H2,1-5H3. The van der Waals surface area contributed by atoms with E-state index in [0.717, 1.165) is 28.3 Å². The van der Waals surface area contributed by atoms with Crippen LogP contribution in [0.15, 0.2) is 59.6 Å². The normalized spacial score (nSPS) is 12.4. The molecular formula is C29H31FN2O5S. The molecule has 0 radical (unpaired) electrons. The number of benzene rings is 3. The third-order valence-electron chi connectivity index (χ3n) is 6.43. The number of aromatic nitrogens is 1. The number of sulfone groups is 1. The number of methoxy groups -OCH3 is 1. The maximum absolute atomic E-state index is 14.2. The summed E-state index contributed by atoms with van der Waals surface area (Å²) in [5.74, 6) is -0.252. The molecule has 1 unspecified atom stereocenters. The quantitative estimate of drug-likeness (QED) is 0.235. The van der Waals surface area contributed by atoms with Gasteiger partial charge in [-0.15, -0.1) is 0 Å². The van der Waals surface area contributed by atoms with Crippen LogP contribution < -0.4 is 14.8 Å². The Morgan fingerprint density at radius 3 is 2.50 bits per heavy atom. The molecule has 0 fully saturated rings. The Kier molecular flexibility index (Phi) is 7.78. The fourth-order valence-electron chi connectivity index (χ4n) is 4.27. The van der Waals surface area contributed by atoms with Gasteiger partial charge in [-0.3, -0.25) is 4.79 Å². The number of carbonyl (C=O) groups is 1. The second-order valence-corrected chi connectivity index (χ2v) is 11.3. The molecule has 38 heavy (non-hydrogen) atoms. The summed E-state index contributed by atoms with van der Waals surface area (Å²) >= 11 is 0. The van der Waals surface area contributed by atoms with Crippen LogP contribution >= 0.6 is 0 Å². The van der Waals surface area contributed by atoms with Gasteiger partial charge in [-0.25, -0.2) is 12.8 Å². The van der Waals surface area contributed by atoms with Crippen LogP contribution in [0.4, 0.5) is 10.1 Å². The Morgan fingerprint density at radius 1 is 1.08 bits per heavy atom. The molecule has 7 nitrogen and oxygen atoms in total. The SMILES string of the molecule is CCCOc1cc(F)ccc1C(Nc1cc(OC)cc(S(C)(=O)=O)c1)C(=O)c1c[nH]c2cc(C)c(C)cc12. The van der Waals surface area contributed by atoms with Crippen LogP contribution in [0.3, 0.4) is 0 Å². The van der Waals surface area contributed by atoms with E-state index >= 15 is 0 Å². The summed E-state index contributed by atoms with van der Waals surface area (Å²) in [4.78, 5) is 17.4. The molecule has 0 spiro atoms. The van der Waals surface area contributed by atoms with Crippen LogP contribution in [0.5, 0.6) is 11.5 Å². The van der Waals surface area contributed by atoms with Crippen molar-refractivity contribution in [1.82, 2.24) is 4.98 Å². The van der Waals surface area contributed by atoms with Gasteiger partial charge in [-0.1, -0.05) is 6.92 Å². The molecule has 0 aliphatic rings. The molecule has 0 amide bonds. The number of H-pyrrole nitrogens is 1. The number of Topliss-reactive ketones (excluding diaryl/α,β-unsaturated/α-hetero) is 1. The van der Waals surface area contributed by atoms with E-state index in [4.69, 9.17) is 9.47 Å². The number of hydrogen-bond donors (Lipinski definition) is 2. The van der Waals surface area contributed by atoms with Crippen LogP contribution in [-0.2, 0) is 9.84 Å². The van der Waals surface area contributed by atoms with E-state index < -0.39 is 21.7 Å². The fraction of sp³-hybridized carbons (Fsp3) is 0.276. The van der Waals surface area contributed by atoms with Crippen molar-refractivity contribution in [3.05, 3.63) is 82.8 Å². The number of fused-ring (bicyclic) bond motifs is 1. The first-order valence-corrected chi connectivity index (χ1v) is 14.1. The summed E-state index contributed by atoms with van der Waals surface area (Å²) in [5, 5.41) is 3.94. The zero-order valence-corrected chi connectivity index (χ0v) is 22.8. The summed E-state index contributed by atoms with van der Waals surface area (Å²) in [6, 6.07) is 11.4. The molecular weight excluding hydrogens is 507 g/mol. The molecule has 0 aliphatic heterocycles. The van der Waals surface area contributed by atoms with Crippen molar-refractivity contribution in [3.63, 3.8) is 0 Å². The van der Waals surface area contributed by atoms with Gasteiger partial charge >= 0.3 is 0 Å². The van der Waals surface area contributed by atoms with Gasteiger partial charge in [0.2, 0.25) is 0 Å². The Labute approximate surface area is 221 Å². The van der Waals surface area contributed by atoms with E-state index in [1.807, 2.05) is 32.9 Å². The Balaban J connectivity index is 1.89. The molecule has 200 valence electrons. The summed E-state index contributed by atoms with van der Waals surface area (Å²) in [5.41, 5.74) is 4.16. The van der Waals surface area contributed by atoms with E-state index in [1.165, 1.54) is 37.4 Å². The van der Waals surface area contributed by atoms with Crippen molar-refractivity contribution >= 4 is 32.2 Å². The molecule has 9 heteroatoms. The molecule has 4 rings (SSSR count). The number of anilines is 1. The molecule has 3 aromatic carbocycles. The van der Waals surface area contributed by atoms with Gasteiger partial charge in [0.15, 0.2) is 15.6 Å². The lowest BCUT2D eigenvalue weighted by Crippen LogP contribution is -2.22. The first-order valence-electron chi connectivity index (χ1n) is 12.2. The van der Waals surface area contributed by atoms with E-state index in [-0.39, 0.29) is 16.4 Å². The Bertz CT molecular complexity index is 1610. The lowest BCUT2D eigenvalue weighted by molar-refractivity contribution is 0.0969. The average molecular weight is 539 g/mol. The third kappa shape index (κ3) is 5.67. The molecule has 0 bridgehead atoms. The van der Waals surface area contributed by atoms with Gasteiger partial charge in [0.1, 0.15) is 23.4 Å². The summed E-state index contributed by atoms with van der Waals surface area (Å²) in [6.07, 6.45) is 3.45. The molecule has 0 aliphatic carbocycles. The smallest absolute Gasteiger partial charge is 0.191 e. The zero-order chi connectivity index (χ0) is 27.6. The number of ether oxygens (including phenoxy) is 2. The average Bonchev–Trinajstić information content (AvgIpc) is 3.27. The van der Waals surface area contributed by atoms with Crippen molar-refractivity contribution in [1.29, 1.82) is 0 Å². The van der Waals surface area contributed by atoms with Gasteiger partial charge in [0, 0.05) is 52.3 Å². The molecule has 1 aromatic heterocycles. The van der Waals surface area contributed by atoms with E-state index in [2.05, 4.69) is 10.3 Å². The van der Waals surface area contributed by atoms with Crippen molar-refractivity contribution in [3.8, 4) is 11.5 Å². The monoisotopic (exact) mass is 538 g/mol. The second-order valence-electron chi connectivity index (χ2n) is 9.33.